The van der Waals surface area contributed by atoms with Gasteiger partial charge in [0.1, 0.15) is 5.03 Å². The molecule has 0 saturated carbocycles. The van der Waals surface area contributed by atoms with Crippen LogP contribution in [0.25, 0.3) is 0 Å². The molecule has 0 aromatic rings. The summed E-state index contributed by atoms with van der Waals surface area (Å²) in [6.45, 7) is 0. The second kappa shape index (κ2) is 6.33. The molecule has 1 aliphatic rings. The molecule has 0 saturated heterocycles. The Balaban J connectivity index is 0.00000196. The summed E-state index contributed by atoms with van der Waals surface area (Å²) in [5, 5.41) is 10.3. The first kappa shape index (κ1) is 13.8. The Morgan fingerprint density at radius 2 is 2.40 bits per heavy atom. The minimum atomic E-state index is -0.992. The molecular weight excluding hydrogens is 242 g/mol. The van der Waals surface area contributed by atoms with Crippen LogP contribution in [0.1, 0.15) is 6.42 Å². The standard InChI is InChI=1S/C7H9N3O3S.ClH/c8-6-3-10(9-14-6)5(4-11)1-2-7(12)13;/h1,3-4,9H,2,8H2,(H,12,13);1H. The lowest BCUT2D eigenvalue weighted by Gasteiger charge is -2.12. The van der Waals surface area contributed by atoms with Crippen molar-refractivity contribution < 1.29 is 14.7 Å². The first-order valence-corrected chi connectivity index (χ1v) is 4.51. The summed E-state index contributed by atoms with van der Waals surface area (Å²) in [4.78, 5) is 23.6. The van der Waals surface area contributed by atoms with E-state index in [0.29, 0.717) is 11.3 Å². The first-order valence-electron chi connectivity index (χ1n) is 3.69. The number of aliphatic carboxylic acids is 1. The van der Waals surface area contributed by atoms with Gasteiger partial charge in [0.15, 0.2) is 6.29 Å². The highest BCUT2D eigenvalue weighted by Crippen LogP contribution is 2.17. The van der Waals surface area contributed by atoms with Crippen molar-refractivity contribution in [3.63, 3.8) is 0 Å². The van der Waals surface area contributed by atoms with Gasteiger partial charge in [-0.05, 0) is 18.0 Å². The molecule has 0 radical (unpaired) electrons. The number of halogens is 1. The van der Waals surface area contributed by atoms with Gasteiger partial charge in [-0.1, -0.05) is 0 Å². The molecule has 0 fully saturated rings. The predicted molar refractivity (Wildman–Crippen MR) is 58.5 cm³/mol. The lowest BCUT2D eigenvalue weighted by atomic mass is 10.3. The predicted octanol–water partition coefficient (Wildman–Crippen LogP) is 0.192. The van der Waals surface area contributed by atoms with E-state index < -0.39 is 5.97 Å². The summed E-state index contributed by atoms with van der Waals surface area (Å²) in [6.07, 6.45) is 3.17. The van der Waals surface area contributed by atoms with E-state index in [1.807, 2.05) is 0 Å². The van der Waals surface area contributed by atoms with Gasteiger partial charge < -0.3 is 10.8 Å². The monoisotopic (exact) mass is 251 g/mol. The van der Waals surface area contributed by atoms with Crippen LogP contribution in [0.5, 0.6) is 0 Å². The highest BCUT2D eigenvalue weighted by atomic mass is 35.5. The Morgan fingerprint density at radius 1 is 1.73 bits per heavy atom. The van der Waals surface area contributed by atoms with Crippen LogP contribution in [-0.4, -0.2) is 22.4 Å². The van der Waals surface area contributed by atoms with Crippen molar-refractivity contribution in [3.05, 3.63) is 23.0 Å². The Bertz CT molecular complexity index is 319. The average molecular weight is 252 g/mol. The fraction of sp³-hybridized carbons (Fsp3) is 0.143. The molecule has 0 aromatic carbocycles. The van der Waals surface area contributed by atoms with Crippen molar-refractivity contribution in [1.82, 2.24) is 9.84 Å². The van der Waals surface area contributed by atoms with E-state index >= 15 is 0 Å². The van der Waals surface area contributed by atoms with Crippen LogP contribution < -0.4 is 10.6 Å². The number of carboxylic acid groups (broad SMARTS) is 1. The molecular formula is C7H10ClN3O3S. The number of nitrogens with one attached hydrogen (secondary N) is 1. The molecule has 0 amide bonds. The quantitative estimate of drug-likeness (QED) is 0.373. The van der Waals surface area contributed by atoms with Crippen LogP contribution in [0.2, 0.25) is 0 Å². The van der Waals surface area contributed by atoms with Gasteiger partial charge in [0, 0.05) is 0 Å². The van der Waals surface area contributed by atoms with Crippen molar-refractivity contribution in [2.24, 2.45) is 5.73 Å². The summed E-state index contributed by atoms with van der Waals surface area (Å²) in [6, 6.07) is 0. The summed E-state index contributed by atoms with van der Waals surface area (Å²) in [7, 11) is 0. The fourth-order valence-electron chi connectivity index (χ4n) is 0.804. The maximum absolute atomic E-state index is 10.6. The Morgan fingerprint density at radius 3 is 2.80 bits per heavy atom. The number of carboxylic acids is 1. The van der Waals surface area contributed by atoms with E-state index in [2.05, 4.69) is 4.83 Å². The summed E-state index contributed by atoms with van der Waals surface area (Å²) >= 11 is 1.15. The van der Waals surface area contributed by atoms with E-state index in [-0.39, 0.29) is 24.5 Å². The maximum atomic E-state index is 10.6. The Hall–Kier alpha value is -1.18. The fourth-order valence-corrected chi connectivity index (χ4v) is 1.32. The van der Waals surface area contributed by atoms with E-state index in [9.17, 15) is 9.59 Å². The smallest absolute Gasteiger partial charge is 0.307 e. The zero-order valence-corrected chi connectivity index (χ0v) is 9.18. The molecule has 0 aromatic heterocycles. The zero-order chi connectivity index (χ0) is 10.6. The third kappa shape index (κ3) is 4.24. The van der Waals surface area contributed by atoms with Gasteiger partial charge in [-0.3, -0.25) is 14.6 Å². The normalized spacial score (nSPS) is 15.6. The molecule has 0 unspecified atom stereocenters. The van der Waals surface area contributed by atoms with Gasteiger partial charge in [-0.2, -0.15) is 4.83 Å². The minimum absolute atomic E-state index is 0. The molecule has 1 rings (SSSR count). The summed E-state index contributed by atoms with van der Waals surface area (Å²) < 4.78 is 0. The lowest BCUT2D eigenvalue weighted by molar-refractivity contribution is -0.136. The molecule has 0 bridgehead atoms. The molecule has 6 nitrogen and oxygen atoms in total. The van der Waals surface area contributed by atoms with E-state index in [4.69, 9.17) is 10.8 Å². The second-order valence-electron chi connectivity index (χ2n) is 2.44. The molecule has 15 heavy (non-hydrogen) atoms. The van der Waals surface area contributed by atoms with Gasteiger partial charge >= 0.3 is 5.97 Å². The van der Waals surface area contributed by atoms with Crippen LogP contribution in [0.4, 0.5) is 0 Å². The van der Waals surface area contributed by atoms with Gasteiger partial charge in [0.2, 0.25) is 0 Å². The van der Waals surface area contributed by atoms with Crippen LogP contribution in [0.15, 0.2) is 23.0 Å². The average Bonchev–Trinajstić information content (AvgIpc) is 2.53. The zero-order valence-electron chi connectivity index (χ0n) is 7.54. The number of carbonyl (C=O) groups excluding carboxylic acids is 1. The molecule has 4 N–H and O–H groups in total. The Kier molecular flexibility index (Phi) is 5.83. The van der Waals surface area contributed by atoms with E-state index in [1.165, 1.54) is 17.3 Å². The molecule has 0 aliphatic carbocycles. The number of allylic oxidation sites excluding steroid dienone is 1. The highest BCUT2D eigenvalue weighted by molar-refractivity contribution is 8.01. The third-order valence-corrected chi connectivity index (χ3v) is 2.03. The van der Waals surface area contributed by atoms with E-state index in [1.54, 1.807) is 0 Å². The number of carbonyl (C=O) groups is 2. The third-order valence-electron chi connectivity index (χ3n) is 1.40. The number of nitrogens with two attached hydrogens (primary N) is 1. The van der Waals surface area contributed by atoms with Gasteiger partial charge in [0.25, 0.3) is 0 Å². The van der Waals surface area contributed by atoms with Crippen LogP contribution in [-0.2, 0) is 9.59 Å². The van der Waals surface area contributed by atoms with Gasteiger partial charge in [-0.25, -0.2) is 0 Å². The van der Waals surface area contributed by atoms with Gasteiger partial charge in [-0.15, -0.1) is 12.4 Å². The topological polar surface area (TPSA) is 95.7 Å². The molecule has 1 heterocycles. The number of nitrogens with zero attached hydrogens (tertiary/aromatic N) is 1. The molecule has 1 aliphatic heterocycles. The number of aldehydes is 1. The van der Waals surface area contributed by atoms with Crippen LogP contribution >= 0.6 is 24.4 Å². The molecule has 8 heteroatoms. The van der Waals surface area contributed by atoms with Crippen LogP contribution in [0, 0.1) is 0 Å². The lowest BCUT2D eigenvalue weighted by Crippen LogP contribution is -2.24. The second-order valence-corrected chi connectivity index (χ2v) is 3.30. The van der Waals surface area contributed by atoms with Crippen molar-refractivity contribution in [1.29, 1.82) is 0 Å². The summed E-state index contributed by atoms with van der Waals surface area (Å²) in [5.74, 6) is -0.992. The van der Waals surface area contributed by atoms with Crippen molar-refractivity contribution in [2.75, 3.05) is 0 Å². The van der Waals surface area contributed by atoms with Crippen LogP contribution in [0.3, 0.4) is 0 Å². The largest absolute Gasteiger partial charge is 0.481 e. The van der Waals surface area contributed by atoms with E-state index in [0.717, 1.165) is 11.9 Å². The number of hydrogen-bond donors (Lipinski definition) is 3. The van der Waals surface area contributed by atoms with Gasteiger partial charge in [0.05, 0.1) is 18.3 Å². The maximum Gasteiger partial charge on any atom is 0.307 e. The number of hydrogen-bond acceptors (Lipinski definition) is 6. The minimum Gasteiger partial charge on any atom is -0.481 e. The first-order chi connectivity index (χ1) is 6.63. The van der Waals surface area contributed by atoms with Crippen molar-refractivity contribution >= 4 is 36.6 Å². The molecule has 84 valence electrons. The molecule has 0 spiro atoms. The summed E-state index contributed by atoms with van der Waals surface area (Å²) in [5.41, 5.74) is 5.66. The van der Waals surface area contributed by atoms with Crippen molar-refractivity contribution in [3.8, 4) is 0 Å². The van der Waals surface area contributed by atoms with Crippen molar-refractivity contribution in [2.45, 2.75) is 6.42 Å². The SMILES string of the molecule is Cl.NC1=CN(C(C=O)=CCC(=O)O)NS1. The number of rotatable bonds is 4. The molecule has 0 atom stereocenters. The Labute approximate surface area is 96.7 Å². The number of hydrazine groups is 1. The highest BCUT2D eigenvalue weighted by Gasteiger charge is 2.13.